The minimum absolute atomic E-state index is 0.109. The van der Waals surface area contributed by atoms with Crippen LogP contribution in [0.4, 0.5) is 0 Å². The van der Waals surface area contributed by atoms with Gasteiger partial charge in [0.1, 0.15) is 0 Å². The third-order valence-corrected chi connectivity index (χ3v) is 16.1. The topological polar surface area (TPSA) is 26.3 Å². The van der Waals surface area contributed by atoms with E-state index in [1.165, 1.54) is 23.0 Å². The zero-order chi connectivity index (χ0) is 22.0. The molecule has 0 unspecified atom stereocenters. The molecule has 0 aliphatic rings. The van der Waals surface area contributed by atoms with Gasteiger partial charge in [0.15, 0.2) is 0 Å². The molecule has 0 atom stereocenters. The first-order valence-electron chi connectivity index (χ1n) is 11.1. The summed E-state index contributed by atoms with van der Waals surface area (Å²) in [6.07, 6.45) is 6.97. The Kier molecular flexibility index (Phi) is 8.46. The Morgan fingerprint density at radius 2 is 1.06 bits per heavy atom. The van der Waals surface area contributed by atoms with E-state index in [2.05, 4.69) is 106 Å². The molecule has 0 fully saturated rings. The van der Waals surface area contributed by atoms with Crippen molar-refractivity contribution >= 4 is 42.7 Å². The normalized spacial score (nSPS) is 12.6. The van der Waals surface area contributed by atoms with E-state index in [0.717, 1.165) is 38.3 Å². The van der Waals surface area contributed by atoms with Gasteiger partial charge in [0.25, 0.3) is 0 Å². The zero-order valence-corrected chi connectivity index (χ0v) is 20.7. The molecule has 0 bridgehead atoms. The number of unbranched alkanes of at least 4 members (excludes halogenated alkanes) is 4. The summed E-state index contributed by atoms with van der Waals surface area (Å²) in [5, 5.41) is 1.33. The van der Waals surface area contributed by atoms with E-state index in [1.807, 2.05) is 0 Å². The van der Waals surface area contributed by atoms with Crippen LogP contribution in [0.2, 0.25) is 0 Å². The molecule has 0 radical (unpaired) electrons. The van der Waals surface area contributed by atoms with Gasteiger partial charge in [-0.1, -0.05) is 0 Å². The average molecular weight is 499 g/mol. The van der Waals surface area contributed by atoms with Crippen LogP contribution in [0.5, 0.6) is 0 Å². The van der Waals surface area contributed by atoms with Gasteiger partial charge in [-0.15, -0.1) is 0 Å². The standard InChI is InChI=1S/C27H32BrO2P/c1-30-27(29)22-14-3-2-4-15-23-31(28,24-16-8-5-9-17-24,25-18-10-6-11-19-25)26-20-12-7-13-21-26/h5-13,16-21H,2-4,14-15,22-23H2,1H3. The molecule has 0 aliphatic carbocycles. The van der Waals surface area contributed by atoms with E-state index >= 15 is 0 Å². The van der Waals surface area contributed by atoms with E-state index in [9.17, 15) is 4.79 Å². The fourth-order valence-electron chi connectivity index (χ4n) is 4.36. The molecule has 0 aromatic heterocycles. The number of rotatable bonds is 11. The van der Waals surface area contributed by atoms with E-state index in [1.54, 1.807) is 0 Å². The summed E-state index contributed by atoms with van der Waals surface area (Å²) in [6, 6.07) is 32.9. The Hall–Kier alpha value is -1.96. The maximum absolute atomic E-state index is 11.3. The quantitative estimate of drug-likeness (QED) is 0.175. The molecule has 31 heavy (non-hydrogen) atoms. The van der Waals surface area contributed by atoms with Gasteiger partial charge >= 0.3 is 195 Å². The van der Waals surface area contributed by atoms with Gasteiger partial charge in [-0.3, -0.25) is 0 Å². The van der Waals surface area contributed by atoms with Crippen molar-refractivity contribution in [3.63, 3.8) is 0 Å². The van der Waals surface area contributed by atoms with E-state index in [-0.39, 0.29) is 5.97 Å². The molecule has 0 heterocycles. The van der Waals surface area contributed by atoms with Crippen molar-refractivity contribution in [1.29, 1.82) is 0 Å². The molecule has 4 heteroatoms. The van der Waals surface area contributed by atoms with Gasteiger partial charge in [-0.2, -0.15) is 0 Å². The molecular weight excluding hydrogens is 467 g/mol. The number of ether oxygens (including phenoxy) is 1. The molecule has 164 valence electrons. The SMILES string of the molecule is COC(=O)CCCCCCCP(Br)(c1ccccc1)(c1ccccc1)c1ccccc1. The van der Waals surface area contributed by atoms with Crippen LogP contribution in [-0.2, 0) is 9.53 Å². The number of carbonyl (C=O) groups excluding carboxylic acids is 1. The van der Waals surface area contributed by atoms with Crippen molar-refractivity contribution < 1.29 is 9.53 Å². The minimum atomic E-state index is -2.79. The van der Waals surface area contributed by atoms with Crippen LogP contribution >= 0.6 is 20.8 Å². The van der Waals surface area contributed by atoms with Crippen molar-refractivity contribution in [2.45, 2.75) is 38.5 Å². The fourth-order valence-corrected chi connectivity index (χ4v) is 12.1. The van der Waals surface area contributed by atoms with Gasteiger partial charge in [0.2, 0.25) is 0 Å². The monoisotopic (exact) mass is 498 g/mol. The summed E-state index contributed by atoms with van der Waals surface area (Å²) >= 11 is 4.50. The summed E-state index contributed by atoms with van der Waals surface area (Å²) in [4.78, 5) is 11.3. The molecule has 0 spiro atoms. The Morgan fingerprint density at radius 1 is 0.677 bits per heavy atom. The molecule has 0 saturated heterocycles. The van der Waals surface area contributed by atoms with Crippen LogP contribution in [0.25, 0.3) is 0 Å². The number of methoxy groups -OCH3 is 1. The number of hydrogen-bond donors (Lipinski definition) is 0. The number of halogens is 1. The molecule has 3 aromatic carbocycles. The second-order valence-corrected chi connectivity index (χ2v) is 17.1. The molecule has 0 aliphatic heterocycles. The second-order valence-electron chi connectivity index (χ2n) is 8.01. The maximum atomic E-state index is 11.3. The van der Waals surface area contributed by atoms with Crippen LogP contribution in [0.15, 0.2) is 91.0 Å². The van der Waals surface area contributed by atoms with Crippen LogP contribution < -0.4 is 15.9 Å². The Morgan fingerprint density at radius 3 is 1.48 bits per heavy atom. The van der Waals surface area contributed by atoms with Gasteiger partial charge in [-0.05, 0) is 0 Å². The molecule has 2 nitrogen and oxygen atoms in total. The van der Waals surface area contributed by atoms with Crippen LogP contribution in [0.1, 0.15) is 38.5 Å². The zero-order valence-electron chi connectivity index (χ0n) is 18.3. The first-order chi connectivity index (χ1) is 15.1. The first kappa shape index (κ1) is 23.7. The molecule has 0 saturated carbocycles. The number of carbonyl (C=O) groups is 1. The third kappa shape index (κ3) is 5.27. The van der Waals surface area contributed by atoms with Crippen LogP contribution in [-0.4, -0.2) is 19.2 Å². The van der Waals surface area contributed by atoms with Crippen LogP contribution in [0, 0.1) is 0 Å². The third-order valence-electron chi connectivity index (χ3n) is 6.07. The summed E-state index contributed by atoms with van der Waals surface area (Å²) in [5.74, 6) is -0.109. The van der Waals surface area contributed by atoms with Gasteiger partial charge < -0.3 is 0 Å². The van der Waals surface area contributed by atoms with Gasteiger partial charge in [0, 0.05) is 0 Å². The Balaban J connectivity index is 1.89. The number of benzene rings is 3. The number of esters is 1. The van der Waals surface area contributed by atoms with Crippen molar-refractivity contribution in [1.82, 2.24) is 0 Å². The number of hydrogen-bond acceptors (Lipinski definition) is 2. The van der Waals surface area contributed by atoms with Gasteiger partial charge in [0.05, 0.1) is 0 Å². The van der Waals surface area contributed by atoms with E-state index < -0.39 is 5.31 Å². The van der Waals surface area contributed by atoms with Crippen molar-refractivity contribution in [2.24, 2.45) is 0 Å². The molecular formula is C27H32BrO2P. The van der Waals surface area contributed by atoms with Crippen molar-refractivity contribution in [3.8, 4) is 0 Å². The van der Waals surface area contributed by atoms with Gasteiger partial charge in [-0.25, -0.2) is 0 Å². The Bertz CT molecular complexity index is 845. The fraction of sp³-hybridized carbons (Fsp3) is 0.296. The predicted octanol–water partition coefficient (Wildman–Crippen LogP) is 6.34. The summed E-state index contributed by atoms with van der Waals surface area (Å²) in [7, 11) is 1.46. The summed E-state index contributed by atoms with van der Waals surface area (Å²) in [6.45, 7) is 0. The Labute approximate surface area is 194 Å². The molecule has 0 N–H and O–H groups in total. The first-order valence-corrected chi connectivity index (χ1v) is 15.5. The average Bonchev–Trinajstić information content (AvgIpc) is 2.85. The van der Waals surface area contributed by atoms with E-state index in [4.69, 9.17) is 4.74 Å². The molecule has 3 aromatic rings. The summed E-state index contributed by atoms with van der Waals surface area (Å²) < 4.78 is 4.74. The predicted molar refractivity (Wildman–Crippen MR) is 139 cm³/mol. The molecule has 3 rings (SSSR count). The van der Waals surface area contributed by atoms with Crippen molar-refractivity contribution in [2.75, 3.05) is 13.3 Å². The van der Waals surface area contributed by atoms with Crippen molar-refractivity contribution in [3.05, 3.63) is 91.0 Å². The molecule has 0 amide bonds. The second kappa shape index (κ2) is 11.1. The van der Waals surface area contributed by atoms with Crippen LogP contribution in [0.3, 0.4) is 0 Å². The van der Waals surface area contributed by atoms with E-state index in [0.29, 0.717) is 6.42 Å². The summed E-state index contributed by atoms with van der Waals surface area (Å²) in [5.41, 5.74) is 0.